The summed E-state index contributed by atoms with van der Waals surface area (Å²) in [6.45, 7) is 6.70. The Labute approximate surface area is 178 Å². The first kappa shape index (κ1) is 23.7. The highest BCUT2D eigenvalue weighted by Gasteiger charge is 2.31. The fourth-order valence-electron chi connectivity index (χ4n) is 3.52. The summed E-state index contributed by atoms with van der Waals surface area (Å²) in [6.07, 6.45) is 3.35. The average Bonchev–Trinajstić information content (AvgIpc) is 3.10. The largest absolute Gasteiger partial charge is 0.507 e. The van der Waals surface area contributed by atoms with Crippen LogP contribution < -0.4 is 15.8 Å². The van der Waals surface area contributed by atoms with Crippen LogP contribution in [0.5, 0.6) is 11.5 Å². The molecule has 8 heteroatoms. The minimum atomic E-state index is -0.510. The molecule has 1 aliphatic rings. The van der Waals surface area contributed by atoms with E-state index < -0.39 is 5.97 Å². The van der Waals surface area contributed by atoms with Gasteiger partial charge in [-0.15, -0.1) is 0 Å². The van der Waals surface area contributed by atoms with E-state index in [0.29, 0.717) is 49.2 Å². The van der Waals surface area contributed by atoms with Crippen molar-refractivity contribution in [3.63, 3.8) is 0 Å². The van der Waals surface area contributed by atoms with E-state index in [9.17, 15) is 14.7 Å². The predicted octanol–water partition coefficient (Wildman–Crippen LogP) is 1.66. The van der Waals surface area contributed by atoms with Gasteiger partial charge in [0.2, 0.25) is 5.91 Å². The molecule has 2 rings (SSSR count). The maximum atomic E-state index is 12.0. The van der Waals surface area contributed by atoms with Crippen LogP contribution in [0.1, 0.15) is 46.8 Å². The maximum Gasteiger partial charge on any atom is 0.342 e. The van der Waals surface area contributed by atoms with E-state index in [2.05, 4.69) is 10.2 Å². The molecule has 0 spiro atoms. The van der Waals surface area contributed by atoms with Crippen LogP contribution >= 0.6 is 0 Å². The van der Waals surface area contributed by atoms with Gasteiger partial charge in [-0.25, -0.2) is 4.79 Å². The summed E-state index contributed by atoms with van der Waals surface area (Å²) < 4.78 is 10.6. The summed E-state index contributed by atoms with van der Waals surface area (Å²) in [5, 5.41) is 13.6. The molecule has 0 aliphatic carbocycles. The van der Waals surface area contributed by atoms with Gasteiger partial charge in [-0.05, 0) is 39.3 Å². The molecule has 0 atom stereocenters. The van der Waals surface area contributed by atoms with Gasteiger partial charge in [0.1, 0.15) is 23.7 Å². The molecule has 1 aromatic carbocycles. The molecule has 0 fully saturated rings. The summed E-state index contributed by atoms with van der Waals surface area (Å²) in [6, 6.07) is 0. The lowest BCUT2D eigenvalue weighted by molar-refractivity contribution is -0.121. The summed E-state index contributed by atoms with van der Waals surface area (Å²) in [7, 11) is 3.51. The number of phenols is 1. The van der Waals surface area contributed by atoms with Crippen LogP contribution in [-0.4, -0.2) is 62.2 Å². The van der Waals surface area contributed by atoms with Crippen LogP contribution in [0.2, 0.25) is 0 Å². The third kappa shape index (κ3) is 5.73. The second kappa shape index (κ2) is 11.0. The first-order valence-electron chi connectivity index (χ1n) is 10.2. The first-order valence-corrected chi connectivity index (χ1v) is 10.2. The van der Waals surface area contributed by atoms with E-state index in [1.807, 2.05) is 27.0 Å². The normalized spacial score (nSPS) is 13.4. The molecule has 4 N–H and O–H groups in total. The van der Waals surface area contributed by atoms with E-state index in [0.717, 1.165) is 24.2 Å². The van der Waals surface area contributed by atoms with Crippen LogP contribution in [0.15, 0.2) is 11.6 Å². The van der Waals surface area contributed by atoms with E-state index in [-0.39, 0.29) is 23.8 Å². The highest BCUT2D eigenvalue weighted by atomic mass is 16.5. The summed E-state index contributed by atoms with van der Waals surface area (Å²) in [5.74, 6) is -0.0317. The summed E-state index contributed by atoms with van der Waals surface area (Å²) in [4.78, 5) is 26.1. The number of nitrogens with one attached hydrogen (secondary N) is 1. The number of esters is 1. The number of benzene rings is 1. The van der Waals surface area contributed by atoms with Crippen molar-refractivity contribution in [3.8, 4) is 11.5 Å². The minimum Gasteiger partial charge on any atom is -0.507 e. The molecule has 1 aliphatic heterocycles. The number of likely N-dealkylation sites (N-methyl/N-ethyl adjacent to an activating group) is 1. The number of phenolic OH excluding ortho intramolecular Hbond substituents is 1. The molecule has 0 aromatic heterocycles. The molecule has 1 amide bonds. The second-order valence-corrected chi connectivity index (χ2v) is 7.61. The van der Waals surface area contributed by atoms with Crippen molar-refractivity contribution in [2.24, 2.45) is 5.73 Å². The third-order valence-electron chi connectivity index (χ3n) is 5.38. The van der Waals surface area contributed by atoms with Crippen molar-refractivity contribution in [1.29, 1.82) is 0 Å². The first-order chi connectivity index (χ1) is 14.3. The van der Waals surface area contributed by atoms with Gasteiger partial charge in [0.05, 0.1) is 7.11 Å². The number of hydrogen-bond donors (Lipinski definition) is 3. The quantitative estimate of drug-likeness (QED) is 0.369. The molecular formula is C22H33N3O5. The predicted molar refractivity (Wildman–Crippen MR) is 115 cm³/mol. The number of nitrogens with two attached hydrogens (primary N) is 1. The molecule has 1 aromatic rings. The standard InChI is InChI=1S/C22H33N3O5/c1-14(6-8-18(26)24-10-12-25(3)11-9-23)5-7-16-20(27)19-17(13-30-22(19)28)15(2)21(16)29-4/h5,27H,6-13,23H2,1-4H3,(H,24,26)/b14-5+. The Kier molecular flexibility index (Phi) is 8.68. The molecule has 1 heterocycles. The lowest BCUT2D eigenvalue weighted by Crippen LogP contribution is -2.35. The SMILES string of the molecule is COc1c(C)c2c(c(O)c1C/C=C(\C)CCC(=O)NCCN(C)CCN)C(=O)OC2. The Balaban J connectivity index is 1.96. The highest BCUT2D eigenvalue weighted by molar-refractivity contribution is 5.98. The number of carbonyl (C=O) groups is 2. The minimum absolute atomic E-state index is 0.000414. The number of methoxy groups -OCH3 is 1. The number of amides is 1. The van der Waals surface area contributed by atoms with Crippen LogP contribution in [0.3, 0.4) is 0 Å². The Hall–Kier alpha value is -2.58. The molecule has 0 bridgehead atoms. The molecule has 0 radical (unpaired) electrons. The van der Waals surface area contributed by atoms with Crippen molar-refractivity contribution < 1.29 is 24.2 Å². The van der Waals surface area contributed by atoms with Gasteiger partial charge in [-0.1, -0.05) is 11.6 Å². The highest BCUT2D eigenvalue weighted by Crippen LogP contribution is 2.42. The van der Waals surface area contributed by atoms with Crippen LogP contribution in [0, 0.1) is 6.92 Å². The van der Waals surface area contributed by atoms with Crippen LogP contribution in [0.4, 0.5) is 0 Å². The molecule has 0 saturated heterocycles. The number of allylic oxidation sites excluding steroid dienone is 2. The third-order valence-corrected chi connectivity index (χ3v) is 5.38. The topological polar surface area (TPSA) is 114 Å². The van der Waals surface area contributed by atoms with E-state index in [1.165, 1.54) is 0 Å². The number of hydrogen-bond acceptors (Lipinski definition) is 7. The number of nitrogens with zero attached hydrogens (tertiary/aromatic N) is 1. The number of fused-ring (bicyclic) bond motifs is 1. The Bertz CT molecular complexity index is 820. The lowest BCUT2D eigenvalue weighted by Gasteiger charge is -2.16. The maximum absolute atomic E-state index is 12.0. The van der Waals surface area contributed by atoms with Crippen molar-refractivity contribution in [2.45, 2.75) is 39.7 Å². The van der Waals surface area contributed by atoms with Gasteiger partial charge in [0, 0.05) is 43.7 Å². The van der Waals surface area contributed by atoms with Crippen LogP contribution in [0.25, 0.3) is 0 Å². The number of ether oxygens (including phenoxy) is 2. The molecule has 30 heavy (non-hydrogen) atoms. The van der Waals surface area contributed by atoms with Crippen molar-refractivity contribution in [2.75, 3.05) is 40.3 Å². The summed E-state index contributed by atoms with van der Waals surface area (Å²) in [5.41, 5.74) is 8.78. The number of carbonyl (C=O) groups excluding carboxylic acids is 2. The van der Waals surface area contributed by atoms with Crippen molar-refractivity contribution in [1.82, 2.24) is 10.2 Å². The Morgan fingerprint density at radius 1 is 1.37 bits per heavy atom. The van der Waals surface area contributed by atoms with E-state index in [4.69, 9.17) is 15.2 Å². The van der Waals surface area contributed by atoms with Gasteiger partial charge in [0.15, 0.2) is 0 Å². The Morgan fingerprint density at radius 2 is 2.10 bits per heavy atom. The Morgan fingerprint density at radius 3 is 2.77 bits per heavy atom. The zero-order valence-corrected chi connectivity index (χ0v) is 18.3. The van der Waals surface area contributed by atoms with Gasteiger partial charge in [0.25, 0.3) is 0 Å². The van der Waals surface area contributed by atoms with Gasteiger partial charge in [-0.2, -0.15) is 0 Å². The zero-order valence-electron chi connectivity index (χ0n) is 18.3. The molecule has 166 valence electrons. The number of cyclic esters (lactones) is 1. The second-order valence-electron chi connectivity index (χ2n) is 7.61. The zero-order chi connectivity index (χ0) is 22.3. The van der Waals surface area contributed by atoms with Crippen molar-refractivity contribution >= 4 is 11.9 Å². The monoisotopic (exact) mass is 419 g/mol. The van der Waals surface area contributed by atoms with Gasteiger partial charge >= 0.3 is 5.97 Å². The molecular weight excluding hydrogens is 386 g/mol. The van der Waals surface area contributed by atoms with Crippen LogP contribution in [-0.2, 0) is 22.6 Å². The van der Waals surface area contributed by atoms with Crippen molar-refractivity contribution in [3.05, 3.63) is 33.9 Å². The molecule has 0 saturated carbocycles. The van der Waals surface area contributed by atoms with E-state index >= 15 is 0 Å². The van der Waals surface area contributed by atoms with Gasteiger partial charge < -0.3 is 30.5 Å². The molecule has 8 nitrogen and oxygen atoms in total. The fraction of sp³-hybridized carbons (Fsp3) is 0.545. The summed E-state index contributed by atoms with van der Waals surface area (Å²) >= 11 is 0. The number of aromatic hydroxyl groups is 1. The smallest absolute Gasteiger partial charge is 0.342 e. The molecule has 0 unspecified atom stereocenters. The fourth-order valence-corrected chi connectivity index (χ4v) is 3.52. The van der Waals surface area contributed by atoms with Gasteiger partial charge in [-0.3, -0.25) is 4.79 Å². The lowest BCUT2D eigenvalue weighted by atomic mass is 9.94. The van der Waals surface area contributed by atoms with E-state index in [1.54, 1.807) is 7.11 Å². The number of rotatable bonds is 11. The average molecular weight is 420 g/mol.